The zero-order valence-corrected chi connectivity index (χ0v) is 16.4. The molecule has 1 aliphatic rings. The van der Waals surface area contributed by atoms with Crippen LogP contribution in [0.1, 0.15) is 24.2 Å². The van der Waals surface area contributed by atoms with Gasteiger partial charge in [0, 0.05) is 55.3 Å². The van der Waals surface area contributed by atoms with Crippen molar-refractivity contribution in [2.45, 2.75) is 18.5 Å². The van der Waals surface area contributed by atoms with Gasteiger partial charge in [-0.25, -0.2) is 9.37 Å². The van der Waals surface area contributed by atoms with Crippen molar-refractivity contribution in [3.63, 3.8) is 0 Å². The molecule has 1 aliphatic heterocycles. The quantitative estimate of drug-likeness (QED) is 0.606. The Morgan fingerprint density at radius 1 is 1.24 bits per heavy atom. The number of halogens is 3. The van der Waals surface area contributed by atoms with Crippen molar-refractivity contribution in [2.24, 2.45) is 7.05 Å². The standard InChI is InChI=1S/C20H17ClF2N6/c1-28-12-26-27-19(28)20(23)4-6-29(7-5-20)18-14(10-24)8-15(21)9-16(18)13-2-3-17(22)25-11-13/h2-3,8-9,11-12H,4-7H2,1H3. The first-order chi connectivity index (χ1) is 13.9. The molecule has 29 heavy (non-hydrogen) atoms. The van der Waals surface area contributed by atoms with Gasteiger partial charge < -0.3 is 9.47 Å². The zero-order valence-electron chi connectivity index (χ0n) is 15.6. The highest BCUT2D eigenvalue weighted by Crippen LogP contribution is 2.42. The number of anilines is 1. The van der Waals surface area contributed by atoms with E-state index in [1.165, 1.54) is 18.6 Å². The van der Waals surface area contributed by atoms with Crippen molar-refractivity contribution >= 4 is 17.3 Å². The van der Waals surface area contributed by atoms with Gasteiger partial charge >= 0.3 is 0 Å². The van der Waals surface area contributed by atoms with Crippen molar-refractivity contribution in [2.75, 3.05) is 18.0 Å². The predicted octanol–water partition coefficient (Wildman–Crippen LogP) is 4.01. The van der Waals surface area contributed by atoms with Crippen LogP contribution in [0.15, 0.2) is 36.8 Å². The number of benzene rings is 1. The minimum Gasteiger partial charge on any atom is -0.370 e. The predicted molar refractivity (Wildman–Crippen MR) is 105 cm³/mol. The second-order valence-electron chi connectivity index (χ2n) is 7.05. The molecule has 0 saturated carbocycles. The van der Waals surface area contributed by atoms with Gasteiger partial charge in [0.05, 0.1) is 11.3 Å². The zero-order chi connectivity index (χ0) is 20.6. The summed E-state index contributed by atoms with van der Waals surface area (Å²) in [4.78, 5) is 5.66. The molecular weight excluding hydrogens is 398 g/mol. The van der Waals surface area contributed by atoms with Gasteiger partial charge in [-0.2, -0.15) is 9.65 Å². The SMILES string of the molecule is Cn1cnnc1C1(F)CCN(c2c(C#N)cc(Cl)cc2-c2ccc(F)nc2)CC1. The summed E-state index contributed by atoms with van der Waals surface area (Å²) < 4.78 is 30.4. The van der Waals surface area contributed by atoms with Crippen LogP contribution in [0.25, 0.3) is 11.1 Å². The van der Waals surface area contributed by atoms with E-state index in [0.29, 0.717) is 46.3 Å². The summed E-state index contributed by atoms with van der Waals surface area (Å²) in [5, 5.41) is 17.8. The summed E-state index contributed by atoms with van der Waals surface area (Å²) >= 11 is 6.21. The molecule has 9 heteroatoms. The van der Waals surface area contributed by atoms with Gasteiger partial charge in [-0.15, -0.1) is 10.2 Å². The largest absolute Gasteiger partial charge is 0.370 e. The maximum Gasteiger partial charge on any atom is 0.212 e. The van der Waals surface area contributed by atoms with Crippen LogP contribution in [0.2, 0.25) is 5.02 Å². The number of alkyl halides is 1. The molecule has 0 atom stereocenters. The molecule has 0 spiro atoms. The van der Waals surface area contributed by atoms with E-state index in [1.807, 2.05) is 4.90 Å². The Kier molecular flexibility index (Phi) is 4.92. The average Bonchev–Trinajstić information content (AvgIpc) is 3.15. The number of aromatic nitrogens is 4. The highest BCUT2D eigenvalue weighted by Gasteiger charge is 2.40. The molecule has 4 rings (SSSR count). The third-order valence-corrected chi connectivity index (χ3v) is 5.44. The lowest BCUT2D eigenvalue weighted by molar-refractivity contribution is 0.109. The van der Waals surface area contributed by atoms with Crippen molar-refractivity contribution in [1.82, 2.24) is 19.7 Å². The molecule has 1 saturated heterocycles. The van der Waals surface area contributed by atoms with E-state index in [9.17, 15) is 9.65 Å². The summed E-state index contributed by atoms with van der Waals surface area (Å²) in [5.74, 6) is -0.293. The molecule has 1 fully saturated rings. The number of hydrogen-bond donors (Lipinski definition) is 0. The normalized spacial score (nSPS) is 15.9. The molecular formula is C20H17ClF2N6. The van der Waals surface area contributed by atoms with Crippen LogP contribution in [0.3, 0.4) is 0 Å². The number of aryl methyl sites for hydroxylation is 1. The van der Waals surface area contributed by atoms with E-state index in [4.69, 9.17) is 11.6 Å². The first-order valence-corrected chi connectivity index (χ1v) is 9.43. The van der Waals surface area contributed by atoms with Gasteiger partial charge in [0.2, 0.25) is 5.95 Å². The molecule has 0 unspecified atom stereocenters. The second-order valence-corrected chi connectivity index (χ2v) is 7.49. The summed E-state index contributed by atoms with van der Waals surface area (Å²) in [6.45, 7) is 0.753. The van der Waals surface area contributed by atoms with Crippen molar-refractivity contribution in [1.29, 1.82) is 5.26 Å². The molecule has 0 bridgehead atoms. The number of hydrogen-bond acceptors (Lipinski definition) is 5. The molecule has 1 aromatic carbocycles. The molecule has 0 aliphatic carbocycles. The summed E-state index contributed by atoms with van der Waals surface area (Å²) in [7, 11) is 1.72. The van der Waals surface area contributed by atoms with E-state index in [1.54, 1.807) is 29.8 Å². The van der Waals surface area contributed by atoms with Crippen LogP contribution >= 0.6 is 11.6 Å². The fourth-order valence-electron chi connectivity index (χ4n) is 3.78. The van der Waals surface area contributed by atoms with E-state index >= 15 is 4.39 Å². The highest BCUT2D eigenvalue weighted by atomic mass is 35.5. The fourth-order valence-corrected chi connectivity index (χ4v) is 4.00. The maximum absolute atomic E-state index is 15.5. The van der Waals surface area contributed by atoms with E-state index in [-0.39, 0.29) is 12.8 Å². The molecule has 0 N–H and O–H groups in total. The minimum atomic E-state index is -1.58. The van der Waals surface area contributed by atoms with Gasteiger partial charge in [-0.1, -0.05) is 11.6 Å². The summed E-state index contributed by atoms with van der Waals surface area (Å²) in [6.07, 6.45) is 3.28. The Bertz CT molecular complexity index is 1080. The lowest BCUT2D eigenvalue weighted by atomic mass is 9.90. The van der Waals surface area contributed by atoms with Crippen molar-refractivity contribution in [3.05, 3.63) is 59.1 Å². The van der Waals surface area contributed by atoms with Crippen LogP contribution in [-0.2, 0) is 12.7 Å². The minimum absolute atomic E-state index is 0.203. The Labute approximate surface area is 171 Å². The number of nitrogens with zero attached hydrogens (tertiary/aromatic N) is 6. The van der Waals surface area contributed by atoms with Crippen molar-refractivity contribution < 1.29 is 8.78 Å². The van der Waals surface area contributed by atoms with E-state index in [2.05, 4.69) is 21.3 Å². The first kappa shape index (κ1) is 19.3. The van der Waals surface area contributed by atoms with E-state index < -0.39 is 11.6 Å². The monoisotopic (exact) mass is 414 g/mol. The van der Waals surface area contributed by atoms with Gasteiger partial charge in [-0.05, 0) is 24.3 Å². The number of piperidine rings is 1. The van der Waals surface area contributed by atoms with Crippen molar-refractivity contribution in [3.8, 4) is 17.2 Å². The van der Waals surface area contributed by atoms with Crippen LogP contribution in [0, 0.1) is 17.3 Å². The Morgan fingerprint density at radius 3 is 2.59 bits per heavy atom. The first-order valence-electron chi connectivity index (χ1n) is 9.05. The molecule has 0 amide bonds. The Balaban J connectivity index is 1.71. The number of rotatable bonds is 3. The smallest absolute Gasteiger partial charge is 0.212 e. The van der Waals surface area contributed by atoms with Gasteiger partial charge in [0.15, 0.2) is 11.5 Å². The topological polar surface area (TPSA) is 70.6 Å². The number of pyridine rings is 1. The molecule has 6 nitrogen and oxygen atoms in total. The molecule has 3 aromatic rings. The van der Waals surface area contributed by atoms with Crippen LogP contribution < -0.4 is 4.90 Å². The second kappa shape index (κ2) is 7.41. The Morgan fingerprint density at radius 2 is 2.00 bits per heavy atom. The van der Waals surface area contributed by atoms with Crippen LogP contribution in [0.4, 0.5) is 14.5 Å². The third-order valence-electron chi connectivity index (χ3n) is 5.22. The van der Waals surface area contributed by atoms with Gasteiger partial charge in [-0.3, -0.25) is 0 Å². The summed E-state index contributed by atoms with van der Waals surface area (Å²) in [6, 6.07) is 8.31. The summed E-state index contributed by atoms with van der Waals surface area (Å²) in [5.41, 5.74) is 0.725. The Hall–Kier alpha value is -3.05. The molecule has 0 radical (unpaired) electrons. The van der Waals surface area contributed by atoms with E-state index in [0.717, 1.165) is 0 Å². The molecule has 3 heterocycles. The van der Waals surface area contributed by atoms with Crippen LogP contribution in [-0.4, -0.2) is 32.8 Å². The lowest BCUT2D eigenvalue weighted by Gasteiger charge is -2.38. The maximum atomic E-state index is 15.5. The highest BCUT2D eigenvalue weighted by molar-refractivity contribution is 6.31. The lowest BCUT2D eigenvalue weighted by Crippen LogP contribution is -2.42. The van der Waals surface area contributed by atoms with Gasteiger partial charge in [0.25, 0.3) is 0 Å². The molecule has 2 aromatic heterocycles. The number of nitriles is 1. The average molecular weight is 415 g/mol. The fraction of sp³-hybridized carbons (Fsp3) is 0.300. The van der Waals surface area contributed by atoms with Gasteiger partial charge in [0.1, 0.15) is 12.4 Å². The molecule has 148 valence electrons. The van der Waals surface area contributed by atoms with Crippen LogP contribution in [0.5, 0.6) is 0 Å². The third kappa shape index (κ3) is 3.54.